The molecule has 3 aromatic carbocycles. The molecule has 0 spiro atoms. The summed E-state index contributed by atoms with van der Waals surface area (Å²) in [5.74, 6) is 0.679. The molecule has 0 fully saturated rings. The molecule has 190 valence electrons. The van der Waals surface area contributed by atoms with Crippen LogP contribution in [0.25, 0.3) is 22.2 Å². The van der Waals surface area contributed by atoms with E-state index in [0.717, 1.165) is 41.8 Å². The van der Waals surface area contributed by atoms with Crippen LogP contribution in [0.5, 0.6) is 5.75 Å². The van der Waals surface area contributed by atoms with Gasteiger partial charge in [0.2, 0.25) is 0 Å². The minimum Gasteiger partial charge on any atom is -0.491 e. The number of carbonyl (C=O) groups excluding carboxylic acids is 1. The van der Waals surface area contributed by atoms with E-state index in [9.17, 15) is 9.90 Å². The van der Waals surface area contributed by atoms with Gasteiger partial charge in [-0.2, -0.15) is 0 Å². The number of carbonyl (C=O) groups is 1. The van der Waals surface area contributed by atoms with Crippen LogP contribution in [-0.2, 0) is 0 Å². The maximum Gasteiger partial charge on any atom is 0.162 e. The molecule has 2 heterocycles. The van der Waals surface area contributed by atoms with Crippen LogP contribution in [0, 0.1) is 13.8 Å². The molecule has 37 heavy (non-hydrogen) atoms. The Hall–Kier alpha value is -3.67. The first-order valence-corrected chi connectivity index (χ1v) is 12.9. The minimum absolute atomic E-state index is 0.0265. The van der Waals surface area contributed by atoms with Crippen molar-refractivity contribution in [3.05, 3.63) is 101 Å². The highest BCUT2D eigenvalue weighted by molar-refractivity contribution is 6.09. The van der Waals surface area contributed by atoms with Crippen LogP contribution in [0.1, 0.15) is 40.5 Å². The Kier molecular flexibility index (Phi) is 7.26. The van der Waals surface area contributed by atoms with Gasteiger partial charge in [-0.15, -0.1) is 0 Å². The largest absolute Gasteiger partial charge is 0.491 e. The van der Waals surface area contributed by atoms with Gasteiger partial charge in [-0.3, -0.25) is 9.69 Å². The predicted octanol–water partition coefficient (Wildman–Crippen LogP) is 5.98. The number of β-amino-alcohol motifs (C(OH)–C–C–N with tert-alkyl or cyclic N) is 1. The first-order chi connectivity index (χ1) is 17.9. The van der Waals surface area contributed by atoms with Crippen molar-refractivity contribution >= 4 is 22.3 Å². The van der Waals surface area contributed by atoms with Crippen molar-refractivity contribution in [3.8, 4) is 11.4 Å². The number of rotatable bonds is 8. The van der Waals surface area contributed by atoms with Gasteiger partial charge in [-0.1, -0.05) is 54.1 Å². The molecule has 1 atom stereocenters. The molecule has 1 unspecified atom stereocenters. The first-order valence-electron chi connectivity index (χ1n) is 12.9. The molecule has 0 saturated heterocycles. The van der Waals surface area contributed by atoms with Gasteiger partial charge in [0, 0.05) is 42.0 Å². The van der Waals surface area contributed by atoms with Gasteiger partial charge in [-0.25, -0.2) is 0 Å². The lowest BCUT2D eigenvalue weighted by molar-refractivity contribution is 0.0717. The number of ether oxygens (including phenoxy) is 1. The third kappa shape index (κ3) is 5.38. The van der Waals surface area contributed by atoms with E-state index in [4.69, 9.17) is 4.74 Å². The molecule has 1 aliphatic rings. The number of Topliss-reactive ketones (excluding diaryl/α,β-unsaturated/α-hetero) is 1. The maximum absolute atomic E-state index is 12.6. The summed E-state index contributed by atoms with van der Waals surface area (Å²) in [6.07, 6.45) is 2.62. The Morgan fingerprint density at radius 3 is 2.46 bits per heavy atom. The SMILES string of the molecule is CC(=O)c1c(C)n(-c2ccc(C)cc2)c2ccc(OCC(O)CN3CC=C(c4ccccc4)CC3)cc12. The number of aliphatic hydroxyl groups is 1. The van der Waals surface area contributed by atoms with E-state index < -0.39 is 6.10 Å². The van der Waals surface area contributed by atoms with E-state index in [1.54, 1.807) is 6.92 Å². The average molecular weight is 495 g/mol. The molecule has 5 rings (SSSR count). The Labute approximate surface area is 218 Å². The van der Waals surface area contributed by atoms with E-state index in [0.29, 0.717) is 17.9 Å². The fourth-order valence-electron chi connectivity index (χ4n) is 5.29. The number of nitrogens with zero attached hydrogens (tertiary/aromatic N) is 2. The Balaban J connectivity index is 1.27. The highest BCUT2D eigenvalue weighted by Crippen LogP contribution is 2.32. The lowest BCUT2D eigenvalue weighted by Crippen LogP contribution is -2.38. The molecule has 4 aromatic rings. The summed E-state index contributed by atoms with van der Waals surface area (Å²) >= 11 is 0. The van der Waals surface area contributed by atoms with E-state index in [1.165, 1.54) is 16.7 Å². The summed E-state index contributed by atoms with van der Waals surface area (Å²) in [6, 6.07) is 24.6. The van der Waals surface area contributed by atoms with E-state index in [-0.39, 0.29) is 12.4 Å². The first kappa shape index (κ1) is 25.0. The highest BCUT2D eigenvalue weighted by Gasteiger charge is 2.20. The van der Waals surface area contributed by atoms with Crippen molar-refractivity contribution in [2.45, 2.75) is 33.3 Å². The van der Waals surface area contributed by atoms with Crippen LogP contribution in [0.15, 0.2) is 78.9 Å². The van der Waals surface area contributed by atoms with Gasteiger partial charge in [0.25, 0.3) is 0 Å². The zero-order valence-electron chi connectivity index (χ0n) is 21.8. The monoisotopic (exact) mass is 494 g/mol. The molecule has 0 bridgehead atoms. The Bertz CT molecular complexity index is 1430. The number of aromatic nitrogens is 1. The molecule has 0 radical (unpaired) electrons. The standard InChI is InChI=1S/C32H34N2O3/c1-22-9-11-27(12-10-22)34-23(2)32(24(3)35)30-19-29(13-14-31(30)34)37-21-28(36)20-33-17-15-26(16-18-33)25-7-5-4-6-8-25/h4-15,19,28,36H,16-18,20-21H2,1-3H3. The van der Waals surface area contributed by atoms with Crippen LogP contribution >= 0.6 is 0 Å². The summed E-state index contributed by atoms with van der Waals surface area (Å²) in [6.45, 7) is 8.14. The van der Waals surface area contributed by atoms with Crippen molar-refractivity contribution < 1.29 is 14.6 Å². The zero-order valence-corrected chi connectivity index (χ0v) is 21.8. The molecule has 1 N–H and O–H groups in total. The molecule has 1 aliphatic heterocycles. The van der Waals surface area contributed by atoms with Gasteiger partial charge < -0.3 is 14.4 Å². The van der Waals surface area contributed by atoms with Gasteiger partial charge in [-0.05, 0) is 68.7 Å². The zero-order chi connectivity index (χ0) is 25.9. The minimum atomic E-state index is -0.603. The topological polar surface area (TPSA) is 54.7 Å². The van der Waals surface area contributed by atoms with E-state index >= 15 is 0 Å². The lowest BCUT2D eigenvalue weighted by Gasteiger charge is -2.28. The van der Waals surface area contributed by atoms with Gasteiger partial charge >= 0.3 is 0 Å². The van der Waals surface area contributed by atoms with Crippen LogP contribution in [0.2, 0.25) is 0 Å². The summed E-state index contributed by atoms with van der Waals surface area (Å²) in [4.78, 5) is 14.8. The van der Waals surface area contributed by atoms with Gasteiger partial charge in [0.1, 0.15) is 18.5 Å². The normalized spacial score (nSPS) is 15.0. The van der Waals surface area contributed by atoms with Crippen LogP contribution in [0.4, 0.5) is 0 Å². The summed E-state index contributed by atoms with van der Waals surface area (Å²) < 4.78 is 8.12. The number of aryl methyl sites for hydroxylation is 1. The maximum atomic E-state index is 12.6. The molecular formula is C32H34N2O3. The molecule has 5 nitrogen and oxygen atoms in total. The Morgan fingerprint density at radius 1 is 1.03 bits per heavy atom. The van der Waals surface area contributed by atoms with Crippen LogP contribution in [0.3, 0.4) is 0 Å². The predicted molar refractivity (Wildman–Crippen MR) is 150 cm³/mol. The van der Waals surface area contributed by atoms with Crippen molar-refractivity contribution in [1.82, 2.24) is 9.47 Å². The summed E-state index contributed by atoms with van der Waals surface area (Å²) in [5.41, 5.74) is 7.44. The highest BCUT2D eigenvalue weighted by atomic mass is 16.5. The average Bonchev–Trinajstić information content (AvgIpc) is 3.20. The molecule has 0 aliphatic carbocycles. The number of ketones is 1. The summed E-state index contributed by atoms with van der Waals surface area (Å²) in [5, 5.41) is 11.5. The molecule has 5 heteroatoms. The number of fused-ring (bicyclic) bond motifs is 1. The third-order valence-corrected chi connectivity index (χ3v) is 7.17. The number of benzene rings is 3. The quantitative estimate of drug-likeness (QED) is 0.306. The van der Waals surface area contributed by atoms with Gasteiger partial charge in [0.05, 0.1) is 5.52 Å². The van der Waals surface area contributed by atoms with Crippen molar-refractivity contribution in [2.24, 2.45) is 0 Å². The van der Waals surface area contributed by atoms with E-state index in [1.807, 2.05) is 31.2 Å². The third-order valence-electron chi connectivity index (χ3n) is 7.17. The second-order valence-electron chi connectivity index (χ2n) is 9.94. The van der Waals surface area contributed by atoms with Crippen molar-refractivity contribution in [1.29, 1.82) is 0 Å². The van der Waals surface area contributed by atoms with E-state index in [2.05, 4.69) is 71.0 Å². The summed E-state index contributed by atoms with van der Waals surface area (Å²) in [7, 11) is 0. The fraction of sp³-hybridized carbons (Fsp3) is 0.281. The molecular weight excluding hydrogens is 460 g/mol. The van der Waals surface area contributed by atoms with Gasteiger partial charge in [0.15, 0.2) is 5.78 Å². The number of hydrogen-bond donors (Lipinski definition) is 1. The van der Waals surface area contributed by atoms with Crippen LogP contribution in [-0.4, -0.2) is 52.7 Å². The molecule has 0 saturated carbocycles. The second-order valence-corrected chi connectivity index (χ2v) is 9.94. The fourth-order valence-corrected chi connectivity index (χ4v) is 5.29. The smallest absolute Gasteiger partial charge is 0.162 e. The lowest BCUT2D eigenvalue weighted by atomic mass is 9.99. The number of hydrogen-bond acceptors (Lipinski definition) is 4. The molecule has 0 amide bonds. The van der Waals surface area contributed by atoms with Crippen molar-refractivity contribution in [2.75, 3.05) is 26.2 Å². The second kappa shape index (κ2) is 10.8. The van der Waals surface area contributed by atoms with Crippen molar-refractivity contribution in [3.63, 3.8) is 0 Å². The Morgan fingerprint density at radius 2 is 1.78 bits per heavy atom. The molecule has 1 aromatic heterocycles. The van der Waals surface area contributed by atoms with Crippen LogP contribution < -0.4 is 4.74 Å². The number of aliphatic hydroxyl groups excluding tert-OH is 1.